The van der Waals surface area contributed by atoms with Gasteiger partial charge in [-0.1, -0.05) is 39.0 Å². The maximum atomic E-state index is 13.4. The van der Waals surface area contributed by atoms with E-state index < -0.39 is 5.95 Å². The summed E-state index contributed by atoms with van der Waals surface area (Å²) in [6, 6.07) is 7.54. The van der Waals surface area contributed by atoms with Crippen molar-refractivity contribution in [2.45, 2.75) is 46.7 Å². The Kier molecular flexibility index (Phi) is 7.89. The third kappa shape index (κ3) is 5.61. The molecule has 0 radical (unpaired) electrons. The number of hydrogen-bond acceptors (Lipinski definition) is 9. The quantitative estimate of drug-likeness (QED) is 0.515. The van der Waals surface area contributed by atoms with E-state index in [0.717, 1.165) is 36.3 Å². The van der Waals surface area contributed by atoms with E-state index in [4.69, 9.17) is 9.57 Å². The topological polar surface area (TPSA) is 84.8 Å². The van der Waals surface area contributed by atoms with E-state index in [9.17, 15) is 4.39 Å². The zero-order chi connectivity index (χ0) is 24.1. The van der Waals surface area contributed by atoms with Crippen molar-refractivity contribution in [1.82, 2.24) is 25.3 Å². The Hall–Kier alpha value is -2.85. The molecule has 1 unspecified atom stereocenters. The monoisotopic (exact) mass is 486 g/mol. The third-order valence-electron chi connectivity index (χ3n) is 5.74. The summed E-state index contributed by atoms with van der Waals surface area (Å²) in [4.78, 5) is 25.9. The molecule has 34 heavy (non-hydrogen) atoms. The first kappa shape index (κ1) is 24.3. The van der Waals surface area contributed by atoms with Crippen LogP contribution < -0.4 is 10.2 Å². The zero-order valence-electron chi connectivity index (χ0n) is 20.0. The number of likely N-dealkylation sites (tertiary alicyclic amines) is 1. The SMILES string of the molecule is CC.CC(C)C1N=C(N2CCC(COc3nc4ccc(-c5ccnc(F)c5)nc4s3)CC2)ON1. The van der Waals surface area contributed by atoms with Crippen molar-refractivity contribution in [1.29, 1.82) is 0 Å². The average Bonchev–Trinajstić information content (AvgIpc) is 3.51. The number of nitrogens with one attached hydrogen (secondary N) is 1. The van der Waals surface area contributed by atoms with Crippen LogP contribution in [0.2, 0.25) is 0 Å². The Morgan fingerprint density at radius 3 is 2.71 bits per heavy atom. The Labute approximate surface area is 203 Å². The Morgan fingerprint density at radius 1 is 1.21 bits per heavy atom. The summed E-state index contributed by atoms with van der Waals surface area (Å²) in [5, 5.41) is 0.612. The van der Waals surface area contributed by atoms with Crippen LogP contribution >= 0.6 is 11.3 Å². The summed E-state index contributed by atoms with van der Waals surface area (Å²) >= 11 is 1.41. The van der Waals surface area contributed by atoms with Gasteiger partial charge in [0.2, 0.25) is 5.95 Å². The lowest BCUT2D eigenvalue weighted by molar-refractivity contribution is 0.114. The van der Waals surface area contributed by atoms with Gasteiger partial charge in [-0.2, -0.15) is 4.39 Å². The molecule has 0 bridgehead atoms. The summed E-state index contributed by atoms with van der Waals surface area (Å²) in [5.41, 5.74) is 5.14. The van der Waals surface area contributed by atoms with Crippen LogP contribution in [-0.4, -0.2) is 51.7 Å². The second-order valence-electron chi connectivity index (χ2n) is 8.43. The summed E-state index contributed by atoms with van der Waals surface area (Å²) < 4.78 is 19.4. The molecule has 10 heteroatoms. The highest BCUT2D eigenvalue weighted by Crippen LogP contribution is 2.30. The van der Waals surface area contributed by atoms with E-state index >= 15 is 0 Å². The minimum atomic E-state index is -0.522. The highest BCUT2D eigenvalue weighted by Gasteiger charge is 2.29. The fraction of sp³-hybridized carbons (Fsp3) is 0.500. The predicted molar refractivity (Wildman–Crippen MR) is 132 cm³/mol. The molecule has 1 atom stereocenters. The molecule has 0 amide bonds. The van der Waals surface area contributed by atoms with Crippen molar-refractivity contribution < 1.29 is 14.0 Å². The number of fused-ring (bicyclic) bond motifs is 1. The summed E-state index contributed by atoms with van der Waals surface area (Å²) in [6.45, 7) is 10.7. The number of halogens is 1. The number of pyridine rings is 2. The molecule has 8 nitrogen and oxygen atoms in total. The standard InChI is InChI=1S/C22H25FN6O2S.C2H6/c1-13(2)19-27-21(31-28-19)29-9-6-14(7-10-29)12-30-22-26-17-4-3-16(25-20(17)32-22)15-5-8-24-18(23)11-15;1-2/h3-5,8,11,13-14,19,28H,6-7,9-10,12H2,1-2H3;1-2H3. The number of piperidine rings is 1. The number of thiazole rings is 1. The molecule has 5 heterocycles. The van der Waals surface area contributed by atoms with E-state index in [1.165, 1.54) is 23.6 Å². The molecule has 1 fully saturated rings. The van der Waals surface area contributed by atoms with Gasteiger partial charge in [0, 0.05) is 30.9 Å². The van der Waals surface area contributed by atoms with Gasteiger partial charge in [-0.25, -0.2) is 19.9 Å². The summed E-state index contributed by atoms with van der Waals surface area (Å²) in [7, 11) is 0. The first-order valence-corrected chi connectivity index (χ1v) is 12.6. The van der Waals surface area contributed by atoms with Gasteiger partial charge in [-0.3, -0.25) is 0 Å². The van der Waals surface area contributed by atoms with Crippen LogP contribution in [0.1, 0.15) is 40.5 Å². The largest absolute Gasteiger partial charge is 0.470 e. The Bertz CT molecular complexity index is 1130. The van der Waals surface area contributed by atoms with Crippen molar-refractivity contribution in [2.24, 2.45) is 16.8 Å². The van der Waals surface area contributed by atoms with Crippen LogP contribution in [0.5, 0.6) is 5.19 Å². The number of rotatable bonds is 5. The maximum Gasteiger partial charge on any atom is 0.309 e. The fourth-order valence-electron chi connectivity index (χ4n) is 3.78. The molecule has 2 aliphatic rings. The molecule has 0 spiro atoms. The molecular weight excluding hydrogens is 455 g/mol. The summed E-state index contributed by atoms with van der Waals surface area (Å²) in [5.74, 6) is 0.326. The molecule has 0 saturated carbocycles. The molecule has 0 aliphatic carbocycles. The van der Waals surface area contributed by atoms with E-state index in [0.29, 0.717) is 40.9 Å². The van der Waals surface area contributed by atoms with Gasteiger partial charge in [0.25, 0.3) is 5.19 Å². The molecule has 182 valence electrons. The van der Waals surface area contributed by atoms with Gasteiger partial charge in [-0.05, 0) is 42.9 Å². The minimum absolute atomic E-state index is 0.0248. The summed E-state index contributed by atoms with van der Waals surface area (Å²) in [6.07, 6.45) is 3.48. The second-order valence-corrected chi connectivity index (χ2v) is 9.37. The van der Waals surface area contributed by atoms with Gasteiger partial charge in [0.05, 0.1) is 12.3 Å². The number of ether oxygens (including phenoxy) is 1. The van der Waals surface area contributed by atoms with E-state index in [2.05, 4.69) is 44.2 Å². The Balaban J connectivity index is 0.00000133. The lowest BCUT2D eigenvalue weighted by Gasteiger charge is -2.31. The number of hydrogen-bond donors (Lipinski definition) is 1. The lowest BCUT2D eigenvalue weighted by atomic mass is 9.98. The van der Waals surface area contributed by atoms with Crippen molar-refractivity contribution >= 4 is 27.7 Å². The smallest absolute Gasteiger partial charge is 0.309 e. The van der Waals surface area contributed by atoms with Crippen LogP contribution in [0.25, 0.3) is 21.6 Å². The molecule has 2 aliphatic heterocycles. The molecule has 3 aromatic heterocycles. The van der Waals surface area contributed by atoms with Gasteiger partial charge >= 0.3 is 6.02 Å². The highest BCUT2D eigenvalue weighted by molar-refractivity contribution is 7.19. The molecule has 0 aromatic carbocycles. The van der Waals surface area contributed by atoms with Crippen molar-refractivity contribution in [2.75, 3.05) is 19.7 Å². The van der Waals surface area contributed by atoms with Crippen LogP contribution in [0.15, 0.2) is 35.5 Å². The molecule has 1 saturated heterocycles. The minimum Gasteiger partial charge on any atom is -0.470 e. The molecule has 3 aromatic rings. The molecule has 1 N–H and O–H groups in total. The number of nitrogens with zero attached hydrogens (tertiary/aromatic N) is 5. The van der Waals surface area contributed by atoms with Crippen LogP contribution in [0.4, 0.5) is 4.39 Å². The van der Waals surface area contributed by atoms with Crippen LogP contribution in [0, 0.1) is 17.8 Å². The van der Waals surface area contributed by atoms with Crippen molar-refractivity contribution in [3.63, 3.8) is 0 Å². The Morgan fingerprint density at radius 2 is 2.00 bits per heavy atom. The molecular formula is C24H31FN6O2S. The first-order chi connectivity index (χ1) is 16.5. The van der Waals surface area contributed by atoms with E-state index in [1.54, 1.807) is 6.07 Å². The number of aliphatic imine (C=N–C) groups is 1. The number of aromatic nitrogens is 3. The fourth-order valence-corrected chi connectivity index (χ4v) is 4.58. The second kappa shape index (κ2) is 11.1. The van der Waals surface area contributed by atoms with Gasteiger partial charge in [-0.15, -0.1) is 5.48 Å². The third-order valence-corrected chi connectivity index (χ3v) is 6.62. The van der Waals surface area contributed by atoms with Crippen molar-refractivity contribution in [3.05, 3.63) is 36.4 Å². The van der Waals surface area contributed by atoms with Crippen molar-refractivity contribution in [3.8, 4) is 16.5 Å². The van der Waals surface area contributed by atoms with E-state index in [-0.39, 0.29) is 6.17 Å². The zero-order valence-corrected chi connectivity index (χ0v) is 20.8. The lowest BCUT2D eigenvalue weighted by Crippen LogP contribution is -2.40. The average molecular weight is 487 g/mol. The van der Waals surface area contributed by atoms with Gasteiger partial charge in [0.1, 0.15) is 16.5 Å². The number of amidine groups is 1. The normalized spacial score (nSPS) is 18.5. The van der Waals surface area contributed by atoms with E-state index in [1.807, 2.05) is 26.0 Å². The number of hydroxylamine groups is 1. The molecule has 5 rings (SSSR count). The predicted octanol–water partition coefficient (Wildman–Crippen LogP) is 4.88. The maximum absolute atomic E-state index is 13.4. The van der Waals surface area contributed by atoms with Gasteiger partial charge in [0.15, 0.2) is 0 Å². The van der Waals surface area contributed by atoms with Crippen LogP contribution in [-0.2, 0) is 4.84 Å². The van der Waals surface area contributed by atoms with Gasteiger partial charge < -0.3 is 14.5 Å². The highest BCUT2D eigenvalue weighted by atomic mass is 32.1. The van der Waals surface area contributed by atoms with Crippen LogP contribution in [0.3, 0.4) is 0 Å². The first-order valence-electron chi connectivity index (χ1n) is 11.8.